The fourth-order valence-electron chi connectivity index (χ4n) is 2.35. The number of anilines is 1. The van der Waals surface area contributed by atoms with E-state index in [9.17, 15) is 8.42 Å². The van der Waals surface area contributed by atoms with Crippen molar-refractivity contribution in [2.45, 2.75) is 11.1 Å². The highest BCUT2D eigenvalue weighted by Gasteiger charge is 2.21. The summed E-state index contributed by atoms with van der Waals surface area (Å²) in [6.07, 6.45) is 0. The normalized spacial score (nSPS) is 12.1. The molecule has 0 saturated heterocycles. The lowest BCUT2D eigenvalue weighted by atomic mass is 10.2. The lowest BCUT2D eigenvalue weighted by molar-refractivity contribution is 0.311. The fourth-order valence-corrected chi connectivity index (χ4v) is 4.72. The molecule has 0 spiro atoms. The molecule has 154 valence electrons. The Hall–Kier alpha value is -2.30. The molecule has 0 fully saturated rings. The predicted molar refractivity (Wildman–Crippen MR) is 113 cm³/mol. The van der Waals surface area contributed by atoms with Crippen molar-refractivity contribution in [2.24, 2.45) is 4.99 Å². The lowest BCUT2D eigenvalue weighted by Gasteiger charge is -2.18. The molecule has 28 heavy (non-hydrogen) atoms. The first kappa shape index (κ1) is 22.0. The summed E-state index contributed by atoms with van der Waals surface area (Å²) in [6, 6.07) is 8.81. The molecular weight excluding hydrogens is 400 g/mol. The van der Waals surface area contributed by atoms with Crippen LogP contribution in [0, 0.1) is 0 Å². The van der Waals surface area contributed by atoms with Gasteiger partial charge in [-0.1, -0.05) is 6.07 Å². The van der Waals surface area contributed by atoms with Gasteiger partial charge >= 0.3 is 0 Å². The number of likely N-dealkylation sites (N-methyl/N-ethyl adjacent to an activating group) is 1. The number of nitrogens with zero attached hydrogens (tertiary/aromatic N) is 2. The molecule has 1 heterocycles. The van der Waals surface area contributed by atoms with Gasteiger partial charge in [-0.2, -0.15) is 4.31 Å². The molecular formula is C18H26N4O4S2. The molecule has 1 aromatic heterocycles. The van der Waals surface area contributed by atoms with Crippen LogP contribution >= 0.6 is 11.3 Å². The van der Waals surface area contributed by atoms with Crippen LogP contribution in [0.5, 0.6) is 11.5 Å². The van der Waals surface area contributed by atoms with Crippen molar-refractivity contribution in [3.63, 3.8) is 0 Å². The van der Waals surface area contributed by atoms with Crippen LogP contribution in [0.2, 0.25) is 0 Å². The van der Waals surface area contributed by atoms with Gasteiger partial charge in [0.15, 0.2) is 17.5 Å². The molecule has 2 rings (SSSR count). The summed E-state index contributed by atoms with van der Waals surface area (Å²) in [5.41, 5.74) is 0.771. The first-order valence-corrected chi connectivity index (χ1v) is 11.0. The van der Waals surface area contributed by atoms with Crippen molar-refractivity contribution < 1.29 is 17.9 Å². The second-order valence-electron chi connectivity index (χ2n) is 5.68. The fraction of sp³-hybridized carbons (Fsp3) is 0.389. The Bertz CT molecular complexity index is 883. The van der Waals surface area contributed by atoms with Crippen LogP contribution in [0.4, 0.5) is 5.69 Å². The third kappa shape index (κ3) is 5.60. The Morgan fingerprint density at radius 2 is 2.07 bits per heavy atom. The van der Waals surface area contributed by atoms with Crippen LogP contribution in [-0.2, 0) is 10.0 Å². The van der Waals surface area contributed by atoms with Gasteiger partial charge in [0.1, 0.15) is 4.21 Å². The summed E-state index contributed by atoms with van der Waals surface area (Å²) in [7, 11) is 1.33. The second kappa shape index (κ2) is 10.3. The molecule has 2 aromatic rings. The molecule has 0 radical (unpaired) electrons. The zero-order chi connectivity index (χ0) is 20.6. The van der Waals surface area contributed by atoms with Gasteiger partial charge in [0.2, 0.25) is 0 Å². The summed E-state index contributed by atoms with van der Waals surface area (Å²) in [6.45, 7) is 3.16. The van der Waals surface area contributed by atoms with E-state index in [1.54, 1.807) is 38.7 Å². The minimum atomic E-state index is -3.46. The van der Waals surface area contributed by atoms with Crippen molar-refractivity contribution in [2.75, 3.05) is 46.2 Å². The number of thiophene rings is 1. The zero-order valence-corrected chi connectivity index (χ0v) is 18.1. The first-order chi connectivity index (χ1) is 13.4. The van der Waals surface area contributed by atoms with Crippen molar-refractivity contribution in [3.05, 3.63) is 35.7 Å². The highest BCUT2D eigenvalue weighted by molar-refractivity contribution is 7.91. The van der Waals surface area contributed by atoms with E-state index >= 15 is 0 Å². The topological polar surface area (TPSA) is 92.3 Å². The number of hydrogen-bond donors (Lipinski definition) is 2. The summed E-state index contributed by atoms with van der Waals surface area (Å²) in [5, 5.41) is 8.00. The molecule has 0 aliphatic rings. The Morgan fingerprint density at radius 3 is 2.68 bits per heavy atom. The number of guanidine groups is 1. The summed E-state index contributed by atoms with van der Waals surface area (Å²) in [4.78, 5) is 4.16. The van der Waals surface area contributed by atoms with Crippen LogP contribution in [0.3, 0.4) is 0 Å². The van der Waals surface area contributed by atoms with Crippen molar-refractivity contribution in [1.29, 1.82) is 0 Å². The Morgan fingerprint density at radius 1 is 1.29 bits per heavy atom. The standard InChI is InChI=1S/C18H26N4O4S2/c1-5-26-15-9-8-14(13-16(15)25-4)21-18(19-2)20-10-11-22(3)28(23,24)17-7-6-12-27-17/h6-9,12-13H,5,10-11H2,1-4H3,(H2,19,20,21). The molecule has 8 nitrogen and oxygen atoms in total. The van der Waals surface area contributed by atoms with Gasteiger partial charge in [0.05, 0.1) is 13.7 Å². The van der Waals surface area contributed by atoms with Gasteiger partial charge in [0, 0.05) is 38.9 Å². The molecule has 0 bridgehead atoms. The highest BCUT2D eigenvalue weighted by Crippen LogP contribution is 2.30. The van der Waals surface area contributed by atoms with Crippen LogP contribution in [0.1, 0.15) is 6.92 Å². The number of methoxy groups -OCH3 is 1. The molecule has 0 saturated carbocycles. The van der Waals surface area contributed by atoms with E-state index in [0.29, 0.717) is 41.4 Å². The van der Waals surface area contributed by atoms with Crippen LogP contribution < -0.4 is 20.1 Å². The summed E-state index contributed by atoms with van der Waals surface area (Å²) < 4.78 is 37.3. The predicted octanol–water partition coefficient (Wildman–Crippen LogP) is 2.46. The lowest BCUT2D eigenvalue weighted by Crippen LogP contribution is -2.38. The van der Waals surface area contributed by atoms with Crippen LogP contribution in [0.25, 0.3) is 0 Å². The number of sulfonamides is 1. The Balaban J connectivity index is 1.93. The summed E-state index contributed by atoms with van der Waals surface area (Å²) >= 11 is 1.20. The Kier molecular flexibility index (Phi) is 8.09. The number of nitrogens with one attached hydrogen (secondary N) is 2. The van der Waals surface area contributed by atoms with E-state index < -0.39 is 10.0 Å². The van der Waals surface area contributed by atoms with E-state index in [0.717, 1.165) is 5.69 Å². The van der Waals surface area contributed by atoms with E-state index in [2.05, 4.69) is 15.6 Å². The number of benzene rings is 1. The maximum absolute atomic E-state index is 12.4. The first-order valence-electron chi connectivity index (χ1n) is 8.70. The zero-order valence-electron chi connectivity index (χ0n) is 16.4. The van der Waals surface area contributed by atoms with Crippen molar-refractivity contribution >= 4 is 33.0 Å². The molecule has 0 aliphatic heterocycles. The molecule has 0 aliphatic carbocycles. The van der Waals surface area contributed by atoms with Gasteiger partial charge in [-0.15, -0.1) is 11.3 Å². The average Bonchev–Trinajstić information content (AvgIpc) is 3.24. The molecule has 0 atom stereocenters. The minimum Gasteiger partial charge on any atom is -0.493 e. The van der Waals surface area contributed by atoms with E-state index in [1.165, 1.54) is 15.6 Å². The molecule has 1 aromatic carbocycles. The summed E-state index contributed by atoms with van der Waals surface area (Å²) in [5.74, 6) is 1.80. The molecule has 0 amide bonds. The number of hydrogen-bond acceptors (Lipinski definition) is 6. The van der Waals surface area contributed by atoms with Gasteiger partial charge in [-0.05, 0) is 30.5 Å². The SMILES string of the molecule is CCOc1ccc(NC(=NC)NCCN(C)S(=O)(=O)c2cccs2)cc1OC. The van der Waals surface area contributed by atoms with Gasteiger partial charge in [-0.25, -0.2) is 8.42 Å². The molecule has 10 heteroatoms. The largest absolute Gasteiger partial charge is 0.493 e. The third-order valence-corrected chi connectivity index (χ3v) is 7.06. The maximum Gasteiger partial charge on any atom is 0.252 e. The minimum absolute atomic E-state index is 0.299. The number of aliphatic imine (C=N–C) groups is 1. The highest BCUT2D eigenvalue weighted by atomic mass is 32.2. The van der Waals surface area contributed by atoms with Gasteiger partial charge in [0.25, 0.3) is 10.0 Å². The number of rotatable bonds is 9. The smallest absolute Gasteiger partial charge is 0.252 e. The third-order valence-electron chi connectivity index (χ3n) is 3.83. The second-order valence-corrected chi connectivity index (χ2v) is 8.90. The van der Waals surface area contributed by atoms with E-state index in [1.807, 2.05) is 25.1 Å². The van der Waals surface area contributed by atoms with Crippen molar-refractivity contribution in [1.82, 2.24) is 9.62 Å². The average molecular weight is 427 g/mol. The van der Waals surface area contributed by atoms with Crippen LogP contribution in [0.15, 0.2) is 44.9 Å². The number of ether oxygens (including phenoxy) is 2. The molecule has 0 unspecified atom stereocenters. The Labute approximate surface area is 170 Å². The van der Waals surface area contributed by atoms with Crippen LogP contribution in [-0.4, -0.2) is 59.6 Å². The maximum atomic E-state index is 12.4. The van der Waals surface area contributed by atoms with Gasteiger partial charge < -0.3 is 20.1 Å². The molecule has 2 N–H and O–H groups in total. The van der Waals surface area contributed by atoms with Gasteiger partial charge in [-0.3, -0.25) is 4.99 Å². The van der Waals surface area contributed by atoms with E-state index in [-0.39, 0.29) is 0 Å². The van der Waals surface area contributed by atoms with E-state index in [4.69, 9.17) is 9.47 Å². The monoisotopic (exact) mass is 426 g/mol. The quantitative estimate of drug-likeness (QED) is 0.473. The van der Waals surface area contributed by atoms with Crippen molar-refractivity contribution in [3.8, 4) is 11.5 Å².